The number of rotatable bonds is 7. The summed E-state index contributed by atoms with van der Waals surface area (Å²) in [6, 6.07) is 32.8. The minimum Gasteiger partial charge on any atom is -0.494 e. The lowest BCUT2D eigenvalue weighted by molar-refractivity contribution is -0.384. The molecule has 0 aliphatic rings. The van der Waals surface area contributed by atoms with Crippen LogP contribution in [-0.4, -0.2) is 18.2 Å². The number of hydrogen-bond acceptors (Lipinski definition) is 5. The number of non-ortho nitro benzene ring substituents is 1. The van der Waals surface area contributed by atoms with Crippen molar-refractivity contribution in [2.24, 2.45) is 4.99 Å². The Hall–Kier alpha value is -4.45. The number of nitro benzene ring substituents is 1. The highest BCUT2D eigenvalue weighted by molar-refractivity contribution is 5.85. The van der Waals surface area contributed by atoms with Gasteiger partial charge in [-0.2, -0.15) is 0 Å². The number of benzene rings is 4. The fourth-order valence-electron chi connectivity index (χ4n) is 3.34. The van der Waals surface area contributed by atoms with E-state index in [4.69, 9.17) is 4.74 Å². The molecule has 0 aliphatic carbocycles. The Kier molecular flexibility index (Phi) is 6.22. The topological polar surface area (TPSA) is 68.0 Å². The van der Waals surface area contributed by atoms with E-state index >= 15 is 0 Å². The van der Waals surface area contributed by atoms with Crippen molar-refractivity contribution in [1.29, 1.82) is 0 Å². The van der Waals surface area contributed by atoms with Crippen molar-refractivity contribution in [1.82, 2.24) is 0 Å². The van der Waals surface area contributed by atoms with Crippen LogP contribution in [0.25, 0.3) is 0 Å². The molecule has 0 bridgehead atoms. The largest absolute Gasteiger partial charge is 0.494 e. The quantitative estimate of drug-likeness (QED) is 0.186. The molecule has 0 saturated carbocycles. The van der Waals surface area contributed by atoms with Crippen LogP contribution in [0, 0.1) is 10.1 Å². The summed E-state index contributed by atoms with van der Waals surface area (Å²) >= 11 is 0. The van der Waals surface area contributed by atoms with Crippen LogP contribution in [0.3, 0.4) is 0 Å². The number of ether oxygens (including phenoxy) is 1. The molecule has 4 aromatic carbocycles. The fourth-order valence-corrected chi connectivity index (χ4v) is 3.34. The molecule has 0 aliphatic heterocycles. The molecular weight excluding hydrogens is 402 g/mol. The van der Waals surface area contributed by atoms with Crippen LogP contribution in [0.4, 0.5) is 28.4 Å². The van der Waals surface area contributed by atoms with Crippen molar-refractivity contribution >= 4 is 34.7 Å². The van der Waals surface area contributed by atoms with Crippen molar-refractivity contribution in [3.05, 3.63) is 119 Å². The first-order valence-electron chi connectivity index (χ1n) is 10.0. The number of aliphatic imine (C=N–C) groups is 1. The molecule has 32 heavy (non-hydrogen) atoms. The van der Waals surface area contributed by atoms with Gasteiger partial charge in [-0.15, -0.1) is 0 Å². The highest BCUT2D eigenvalue weighted by Crippen LogP contribution is 2.34. The third-order valence-electron chi connectivity index (χ3n) is 4.91. The van der Waals surface area contributed by atoms with Gasteiger partial charge < -0.3 is 9.64 Å². The molecule has 6 nitrogen and oxygen atoms in total. The molecule has 0 N–H and O–H groups in total. The standard InChI is InChI=1S/C26H21N3O3/c1-32-26-18-24(29(30)31)16-17-25(26)27-19-20-12-14-23(15-13-20)28(21-8-4-2-5-9-21)22-10-6-3-7-11-22/h2-19H,1H3. The van der Waals surface area contributed by atoms with Gasteiger partial charge in [0.25, 0.3) is 5.69 Å². The molecular formula is C26H21N3O3. The summed E-state index contributed by atoms with van der Waals surface area (Å²) in [6.45, 7) is 0. The number of hydrogen-bond donors (Lipinski definition) is 0. The lowest BCUT2D eigenvalue weighted by Crippen LogP contribution is -2.09. The predicted molar refractivity (Wildman–Crippen MR) is 128 cm³/mol. The van der Waals surface area contributed by atoms with Crippen LogP contribution in [0.15, 0.2) is 108 Å². The summed E-state index contributed by atoms with van der Waals surface area (Å²) in [4.78, 5) is 17.1. The highest BCUT2D eigenvalue weighted by atomic mass is 16.6. The first-order chi connectivity index (χ1) is 15.7. The van der Waals surface area contributed by atoms with Crippen LogP contribution in [0.1, 0.15) is 5.56 Å². The van der Waals surface area contributed by atoms with Gasteiger partial charge in [0, 0.05) is 29.3 Å². The van der Waals surface area contributed by atoms with Crippen molar-refractivity contribution in [3.63, 3.8) is 0 Å². The molecule has 0 fully saturated rings. The van der Waals surface area contributed by atoms with Crippen LogP contribution < -0.4 is 9.64 Å². The summed E-state index contributed by atoms with van der Waals surface area (Å²) in [7, 11) is 1.47. The van der Waals surface area contributed by atoms with Crippen LogP contribution in [0.2, 0.25) is 0 Å². The summed E-state index contributed by atoms with van der Waals surface area (Å²) in [5, 5.41) is 11.0. The zero-order chi connectivity index (χ0) is 22.3. The normalized spacial score (nSPS) is 10.8. The summed E-state index contributed by atoms with van der Waals surface area (Å²) < 4.78 is 5.25. The molecule has 4 aromatic rings. The van der Waals surface area contributed by atoms with E-state index in [1.807, 2.05) is 60.7 Å². The summed E-state index contributed by atoms with van der Waals surface area (Å²) in [6.07, 6.45) is 1.71. The SMILES string of the molecule is COc1cc([N+](=O)[O-])ccc1N=Cc1ccc(N(c2ccccc2)c2ccccc2)cc1. The second kappa shape index (κ2) is 9.57. The molecule has 0 heterocycles. The zero-order valence-electron chi connectivity index (χ0n) is 17.5. The molecule has 4 rings (SSSR count). The average molecular weight is 423 g/mol. The van der Waals surface area contributed by atoms with Crippen molar-refractivity contribution in [2.45, 2.75) is 0 Å². The van der Waals surface area contributed by atoms with Crippen molar-refractivity contribution < 1.29 is 9.66 Å². The van der Waals surface area contributed by atoms with Gasteiger partial charge in [-0.25, -0.2) is 0 Å². The molecule has 0 unspecified atom stereocenters. The minimum atomic E-state index is -0.458. The van der Waals surface area contributed by atoms with E-state index in [1.165, 1.54) is 19.2 Å². The van der Waals surface area contributed by atoms with E-state index in [0.717, 1.165) is 22.6 Å². The van der Waals surface area contributed by atoms with Gasteiger partial charge in [-0.05, 0) is 48.0 Å². The molecule has 0 atom stereocenters. The maximum absolute atomic E-state index is 11.0. The first-order valence-corrected chi connectivity index (χ1v) is 10.0. The van der Waals surface area contributed by atoms with Crippen molar-refractivity contribution in [3.8, 4) is 5.75 Å². The molecule has 6 heteroatoms. The number of nitro groups is 1. The van der Waals surface area contributed by atoms with Gasteiger partial charge in [-0.1, -0.05) is 48.5 Å². The Morgan fingerprint density at radius 2 is 1.38 bits per heavy atom. The first kappa shape index (κ1) is 20.8. The summed E-state index contributed by atoms with van der Waals surface area (Å²) in [5.74, 6) is 0.353. The van der Waals surface area contributed by atoms with Gasteiger partial charge in [0.2, 0.25) is 0 Å². The zero-order valence-corrected chi connectivity index (χ0v) is 17.5. The van der Waals surface area contributed by atoms with Gasteiger partial charge in [0.15, 0.2) is 5.75 Å². The smallest absolute Gasteiger partial charge is 0.273 e. The van der Waals surface area contributed by atoms with Gasteiger partial charge >= 0.3 is 0 Å². The van der Waals surface area contributed by atoms with E-state index in [0.29, 0.717) is 11.4 Å². The van der Waals surface area contributed by atoms with Gasteiger partial charge in [0.1, 0.15) is 5.69 Å². The predicted octanol–water partition coefficient (Wildman–Crippen LogP) is 6.82. The maximum Gasteiger partial charge on any atom is 0.273 e. The fraction of sp³-hybridized carbons (Fsp3) is 0.0385. The van der Waals surface area contributed by atoms with Crippen molar-refractivity contribution in [2.75, 3.05) is 12.0 Å². The molecule has 0 aromatic heterocycles. The van der Waals surface area contributed by atoms with Crippen LogP contribution in [-0.2, 0) is 0 Å². The molecule has 158 valence electrons. The van der Waals surface area contributed by atoms with E-state index < -0.39 is 4.92 Å². The Morgan fingerprint density at radius 1 is 0.812 bits per heavy atom. The Bertz CT molecular complexity index is 1180. The Morgan fingerprint density at radius 3 is 1.91 bits per heavy atom. The van der Waals surface area contributed by atoms with Crippen LogP contribution >= 0.6 is 0 Å². The number of para-hydroxylation sites is 2. The average Bonchev–Trinajstić information content (AvgIpc) is 2.85. The van der Waals surface area contributed by atoms with E-state index in [9.17, 15) is 10.1 Å². The third kappa shape index (κ3) is 4.65. The van der Waals surface area contributed by atoms with E-state index in [-0.39, 0.29) is 5.69 Å². The number of nitrogens with zero attached hydrogens (tertiary/aromatic N) is 3. The third-order valence-corrected chi connectivity index (χ3v) is 4.91. The molecule has 0 saturated heterocycles. The number of anilines is 3. The lowest BCUT2D eigenvalue weighted by atomic mass is 10.1. The minimum absolute atomic E-state index is 0.0351. The summed E-state index contributed by atoms with van der Waals surface area (Å²) in [5.41, 5.74) is 4.54. The highest BCUT2D eigenvalue weighted by Gasteiger charge is 2.12. The Labute approximate surface area is 186 Å². The Balaban J connectivity index is 1.62. The van der Waals surface area contributed by atoms with Gasteiger partial charge in [0.05, 0.1) is 18.1 Å². The molecule has 0 radical (unpaired) electrons. The van der Waals surface area contributed by atoms with E-state index in [1.54, 1.807) is 12.3 Å². The molecule has 0 spiro atoms. The van der Waals surface area contributed by atoms with E-state index in [2.05, 4.69) is 34.2 Å². The second-order valence-electron chi connectivity index (χ2n) is 6.97. The second-order valence-corrected chi connectivity index (χ2v) is 6.97. The molecule has 0 amide bonds. The lowest BCUT2D eigenvalue weighted by Gasteiger charge is -2.25. The maximum atomic E-state index is 11.0. The number of methoxy groups -OCH3 is 1. The van der Waals surface area contributed by atoms with Gasteiger partial charge in [-0.3, -0.25) is 15.1 Å². The monoisotopic (exact) mass is 423 g/mol. The van der Waals surface area contributed by atoms with Crippen LogP contribution in [0.5, 0.6) is 5.75 Å².